The normalized spacial score (nSPS) is 13.2. The third kappa shape index (κ3) is 5.14. The fourth-order valence-electron chi connectivity index (χ4n) is 3.66. The van der Waals surface area contributed by atoms with Crippen LogP contribution in [0.5, 0.6) is 0 Å². The Kier molecular flexibility index (Phi) is 6.30. The molecule has 0 radical (unpaired) electrons. The zero-order valence-electron chi connectivity index (χ0n) is 17.4. The summed E-state index contributed by atoms with van der Waals surface area (Å²) >= 11 is 0. The van der Waals surface area contributed by atoms with Gasteiger partial charge in [0.25, 0.3) is 5.91 Å². The van der Waals surface area contributed by atoms with E-state index in [0.717, 1.165) is 36.2 Å². The first-order valence-electron chi connectivity index (χ1n) is 10.3. The van der Waals surface area contributed by atoms with E-state index in [1.807, 2.05) is 24.3 Å². The third-order valence-corrected chi connectivity index (χ3v) is 5.22. The van der Waals surface area contributed by atoms with Gasteiger partial charge in [0.15, 0.2) is 6.61 Å². The van der Waals surface area contributed by atoms with E-state index >= 15 is 0 Å². The van der Waals surface area contributed by atoms with Crippen molar-refractivity contribution in [1.82, 2.24) is 4.98 Å². The van der Waals surface area contributed by atoms with E-state index in [2.05, 4.69) is 10.3 Å². The van der Waals surface area contributed by atoms with Gasteiger partial charge in [-0.15, -0.1) is 0 Å². The summed E-state index contributed by atoms with van der Waals surface area (Å²) < 4.78 is 44.2. The van der Waals surface area contributed by atoms with Crippen LogP contribution in [-0.4, -0.2) is 30.0 Å². The van der Waals surface area contributed by atoms with Crippen LogP contribution in [0.25, 0.3) is 0 Å². The lowest BCUT2D eigenvalue weighted by Gasteiger charge is -2.29. The highest BCUT2D eigenvalue weighted by Gasteiger charge is 2.30. The highest BCUT2D eigenvalue weighted by molar-refractivity contribution is 5.99. The van der Waals surface area contributed by atoms with Crippen LogP contribution in [-0.2, 0) is 22.1 Å². The van der Waals surface area contributed by atoms with Crippen molar-refractivity contribution in [2.75, 3.05) is 23.4 Å². The maximum absolute atomic E-state index is 13.0. The molecule has 0 saturated heterocycles. The average molecular weight is 455 g/mol. The number of pyridine rings is 1. The van der Waals surface area contributed by atoms with Gasteiger partial charge in [0.2, 0.25) is 0 Å². The van der Waals surface area contributed by atoms with Crippen molar-refractivity contribution in [3.8, 4) is 0 Å². The number of esters is 1. The third-order valence-electron chi connectivity index (χ3n) is 5.22. The second kappa shape index (κ2) is 9.32. The molecule has 0 fully saturated rings. The van der Waals surface area contributed by atoms with E-state index < -0.39 is 24.3 Å². The van der Waals surface area contributed by atoms with E-state index in [1.165, 1.54) is 30.5 Å². The summed E-state index contributed by atoms with van der Waals surface area (Å²) in [5.74, 6) is -1.14. The number of carbonyl (C=O) groups excluding carboxylic acids is 2. The van der Waals surface area contributed by atoms with E-state index in [1.54, 1.807) is 4.90 Å². The molecule has 0 atom stereocenters. The molecule has 2 heterocycles. The highest BCUT2D eigenvalue weighted by Crippen LogP contribution is 2.32. The smallest absolute Gasteiger partial charge is 0.416 e. The fraction of sp³-hybridized carbons (Fsp3) is 0.208. The molecule has 170 valence electrons. The second-order valence-electron chi connectivity index (χ2n) is 7.46. The topological polar surface area (TPSA) is 71.5 Å². The molecule has 0 saturated carbocycles. The quantitative estimate of drug-likeness (QED) is 0.550. The first-order valence-corrected chi connectivity index (χ1v) is 10.3. The fourth-order valence-corrected chi connectivity index (χ4v) is 3.66. The van der Waals surface area contributed by atoms with Crippen LogP contribution < -0.4 is 10.2 Å². The molecule has 3 aromatic rings. The minimum atomic E-state index is -4.50. The number of ether oxygens (including phenoxy) is 1. The summed E-state index contributed by atoms with van der Waals surface area (Å²) in [6.07, 6.45) is -1.43. The number of rotatable bonds is 5. The number of hydrogen-bond donors (Lipinski definition) is 1. The zero-order valence-corrected chi connectivity index (χ0v) is 17.4. The molecule has 1 N–H and O–H groups in total. The Balaban J connectivity index is 1.46. The molecule has 2 aromatic carbocycles. The molecule has 1 aliphatic heterocycles. The van der Waals surface area contributed by atoms with Gasteiger partial charge in [-0.05, 0) is 54.8 Å². The number of amides is 1. The molecule has 9 heteroatoms. The molecule has 0 unspecified atom stereocenters. The Labute approximate surface area is 188 Å². The molecule has 1 amide bonds. The van der Waals surface area contributed by atoms with Crippen molar-refractivity contribution in [3.05, 3.63) is 83.6 Å². The predicted octanol–water partition coefficient (Wildman–Crippen LogP) is 4.98. The lowest BCUT2D eigenvalue weighted by molar-refractivity contribution is -0.137. The molecule has 0 aliphatic carbocycles. The number of para-hydroxylation sites is 1. The number of anilines is 3. The highest BCUT2D eigenvalue weighted by atomic mass is 19.4. The first kappa shape index (κ1) is 22.3. The minimum absolute atomic E-state index is 0.00163. The summed E-state index contributed by atoms with van der Waals surface area (Å²) in [6, 6.07) is 15.0. The standard InChI is InChI=1S/C24H20F3N3O3/c25-24(26,27)17-8-3-9-18(14-17)29-22-19(10-4-12-28-22)23(32)33-15-21(31)30-13-5-7-16-6-1-2-11-20(16)30/h1-4,6,8-12,14H,5,7,13,15H2,(H,28,29). The number of hydrogen-bond acceptors (Lipinski definition) is 5. The first-order chi connectivity index (χ1) is 15.8. The Morgan fingerprint density at radius 2 is 1.88 bits per heavy atom. The van der Waals surface area contributed by atoms with Gasteiger partial charge in [-0.2, -0.15) is 13.2 Å². The van der Waals surface area contributed by atoms with Crippen LogP contribution in [0.15, 0.2) is 66.9 Å². The van der Waals surface area contributed by atoms with Gasteiger partial charge in [0.1, 0.15) is 11.4 Å². The Hall–Kier alpha value is -3.88. The maximum Gasteiger partial charge on any atom is 0.416 e. The Morgan fingerprint density at radius 3 is 2.70 bits per heavy atom. The average Bonchev–Trinajstić information content (AvgIpc) is 2.82. The SMILES string of the molecule is O=C(OCC(=O)N1CCCc2ccccc21)c1cccnc1Nc1cccc(C(F)(F)F)c1. The van der Waals surface area contributed by atoms with Gasteiger partial charge in [0, 0.05) is 24.1 Å². The van der Waals surface area contributed by atoms with Crippen molar-refractivity contribution >= 4 is 29.1 Å². The minimum Gasteiger partial charge on any atom is -0.452 e. The summed E-state index contributed by atoms with van der Waals surface area (Å²) in [7, 11) is 0. The Morgan fingerprint density at radius 1 is 1.06 bits per heavy atom. The molecular formula is C24H20F3N3O3. The number of nitrogens with one attached hydrogen (secondary N) is 1. The molecule has 1 aliphatic rings. The van der Waals surface area contributed by atoms with E-state index in [0.29, 0.717) is 6.54 Å². The van der Waals surface area contributed by atoms with Gasteiger partial charge in [-0.1, -0.05) is 24.3 Å². The maximum atomic E-state index is 13.0. The molecule has 0 bridgehead atoms. The Bertz CT molecular complexity index is 1180. The number of halogens is 3. The molecular weight excluding hydrogens is 435 g/mol. The van der Waals surface area contributed by atoms with Crippen LogP contribution >= 0.6 is 0 Å². The van der Waals surface area contributed by atoms with Gasteiger partial charge in [0.05, 0.1) is 5.56 Å². The molecule has 33 heavy (non-hydrogen) atoms. The van der Waals surface area contributed by atoms with E-state index in [-0.39, 0.29) is 23.0 Å². The van der Waals surface area contributed by atoms with Crippen molar-refractivity contribution in [1.29, 1.82) is 0 Å². The van der Waals surface area contributed by atoms with Gasteiger partial charge >= 0.3 is 12.1 Å². The number of nitrogens with zero attached hydrogens (tertiary/aromatic N) is 2. The summed E-state index contributed by atoms with van der Waals surface area (Å²) in [5, 5.41) is 2.72. The lowest BCUT2D eigenvalue weighted by atomic mass is 10.0. The van der Waals surface area contributed by atoms with Crippen molar-refractivity contribution in [2.24, 2.45) is 0 Å². The van der Waals surface area contributed by atoms with Gasteiger partial charge < -0.3 is 15.0 Å². The molecule has 1 aromatic heterocycles. The molecule has 4 rings (SSSR count). The van der Waals surface area contributed by atoms with Crippen molar-refractivity contribution in [2.45, 2.75) is 19.0 Å². The number of fused-ring (bicyclic) bond motifs is 1. The largest absolute Gasteiger partial charge is 0.452 e. The zero-order chi connectivity index (χ0) is 23.4. The summed E-state index contributed by atoms with van der Waals surface area (Å²) in [4.78, 5) is 31.0. The van der Waals surface area contributed by atoms with Crippen molar-refractivity contribution in [3.63, 3.8) is 0 Å². The van der Waals surface area contributed by atoms with Crippen LogP contribution in [0.3, 0.4) is 0 Å². The van der Waals surface area contributed by atoms with Gasteiger partial charge in [-0.3, -0.25) is 4.79 Å². The lowest BCUT2D eigenvalue weighted by Crippen LogP contribution is -2.38. The number of aromatic nitrogens is 1. The van der Waals surface area contributed by atoms with Crippen LogP contribution in [0, 0.1) is 0 Å². The summed E-state index contributed by atoms with van der Waals surface area (Å²) in [5.41, 5.74) is 1.14. The van der Waals surface area contributed by atoms with Crippen molar-refractivity contribution < 1.29 is 27.5 Å². The number of alkyl halides is 3. The van der Waals surface area contributed by atoms with E-state index in [4.69, 9.17) is 4.74 Å². The van der Waals surface area contributed by atoms with E-state index in [9.17, 15) is 22.8 Å². The predicted molar refractivity (Wildman–Crippen MR) is 116 cm³/mol. The number of benzene rings is 2. The second-order valence-corrected chi connectivity index (χ2v) is 7.46. The van der Waals surface area contributed by atoms with Gasteiger partial charge in [-0.25, -0.2) is 9.78 Å². The monoisotopic (exact) mass is 455 g/mol. The number of carbonyl (C=O) groups is 2. The van der Waals surface area contributed by atoms with Crippen LogP contribution in [0.2, 0.25) is 0 Å². The van der Waals surface area contributed by atoms with Crippen LogP contribution in [0.4, 0.5) is 30.4 Å². The van der Waals surface area contributed by atoms with Crippen LogP contribution in [0.1, 0.15) is 27.9 Å². The molecule has 6 nitrogen and oxygen atoms in total. The summed E-state index contributed by atoms with van der Waals surface area (Å²) in [6.45, 7) is 0.0632. The molecule has 0 spiro atoms. The number of aryl methyl sites for hydroxylation is 1.